The van der Waals surface area contributed by atoms with Gasteiger partial charge in [-0.3, -0.25) is 4.79 Å². The molecule has 0 radical (unpaired) electrons. The number of carbonyl (C=O) groups is 1. The average molecular weight is 187 g/mol. The second-order valence-electron chi connectivity index (χ2n) is 3.05. The van der Waals surface area contributed by atoms with Crippen LogP contribution in [0, 0.1) is 12.3 Å². The van der Waals surface area contributed by atoms with E-state index in [1.165, 1.54) is 0 Å². The molecule has 0 saturated heterocycles. The maximum atomic E-state index is 11.5. The Labute approximate surface area is 84.3 Å². The Balaban J connectivity index is 2.62. The first-order chi connectivity index (χ1) is 6.75. The Hall–Kier alpha value is -1.75. The zero-order valence-corrected chi connectivity index (χ0v) is 8.16. The molecule has 0 spiro atoms. The molecule has 0 bridgehead atoms. The second-order valence-corrected chi connectivity index (χ2v) is 3.05. The van der Waals surface area contributed by atoms with Crippen molar-refractivity contribution >= 4 is 5.91 Å². The molecule has 1 amide bonds. The van der Waals surface area contributed by atoms with Crippen LogP contribution in [0.2, 0.25) is 0 Å². The summed E-state index contributed by atoms with van der Waals surface area (Å²) >= 11 is 0. The number of rotatable bonds is 3. The molecule has 0 aromatic heterocycles. The quantitative estimate of drug-likeness (QED) is 0.714. The monoisotopic (exact) mass is 187 g/mol. The van der Waals surface area contributed by atoms with Crippen molar-refractivity contribution in [1.82, 2.24) is 5.32 Å². The van der Waals surface area contributed by atoms with E-state index in [9.17, 15) is 4.79 Å². The normalized spacial score (nSPS) is 11.4. The van der Waals surface area contributed by atoms with Crippen LogP contribution in [0.25, 0.3) is 0 Å². The highest BCUT2D eigenvalue weighted by atomic mass is 16.1. The van der Waals surface area contributed by atoms with E-state index in [2.05, 4.69) is 11.2 Å². The summed E-state index contributed by atoms with van der Waals surface area (Å²) in [6, 6.07) is 9.62. The fraction of sp³-hybridized carbons (Fsp3) is 0.250. The highest BCUT2D eigenvalue weighted by Gasteiger charge is 2.13. The number of nitrogens with one attached hydrogen (secondary N) is 1. The van der Waals surface area contributed by atoms with Gasteiger partial charge in [-0.25, -0.2) is 0 Å². The number of benzene rings is 1. The summed E-state index contributed by atoms with van der Waals surface area (Å²) in [6.07, 6.45) is 5.05. The van der Waals surface area contributed by atoms with Crippen LogP contribution in [-0.4, -0.2) is 12.5 Å². The molecule has 1 N–H and O–H groups in total. The first-order valence-corrected chi connectivity index (χ1v) is 4.52. The predicted molar refractivity (Wildman–Crippen MR) is 56.7 cm³/mol. The molecular weight excluding hydrogens is 174 g/mol. The van der Waals surface area contributed by atoms with Gasteiger partial charge in [0.2, 0.25) is 5.91 Å². The van der Waals surface area contributed by atoms with Gasteiger partial charge in [-0.1, -0.05) is 36.3 Å². The van der Waals surface area contributed by atoms with E-state index >= 15 is 0 Å². The third-order valence-corrected chi connectivity index (χ3v) is 2.06. The standard InChI is InChI=1S/C12H13NO/c1-3-9-13-12(14)10(2)11-7-5-4-6-8-11/h1,4-8,10H,9H2,2H3,(H,13,14). The molecule has 0 aliphatic heterocycles. The lowest BCUT2D eigenvalue weighted by Crippen LogP contribution is -2.28. The van der Waals surface area contributed by atoms with Gasteiger partial charge in [-0.15, -0.1) is 6.42 Å². The summed E-state index contributed by atoms with van der Waals surface area (Å²) in [4.78, 5) is 11.5. The van der Waals surface area contributed by atoms with Crippen molar-refractivity contribution in [1.29, 1.82) is 0 Å². The Morgan fingerprint density at radius 1 is 1.50 bits per heavy atom. The van der Waals surface area contributed by atoms with E-state index in [1.807, 2.05) is 37.3 Å². The minimum atomic E-state index is -0.149. The molecule has 2 heteroatoms. The molecule has 1 aromatic carbocycles. The van der Waals surface area contributed by atoms with Gasteiger partial charge in [-0.05, 0) is 12.5 Å². The van der Waals surface area contributed by atoms with E-state index in [0.717, 1.165) is 5.56 Å². The van der Waals surface area contributed by atoms with Crippen molar-refractivity contribution in [2.24, 2.45) is 0 Å². The molecule has 0 aliphatic rings. The van der Waals surface area contributed by atoms with E-state index in [1.54, 1.807) is 0 Å². The summed E-state index contributed by atoms with van der Waals surface area (Å²) in [7, 11) is 0. The van der Waals surface area contributed by atoms with Crippen molar-refractivity contribution in [2.75, 3.05) is 6.54 Å². The molecule has 1 unspecified atom stereocenters. The third kappa shape index (κ3) is 2.63. The van der Waals surface area contributed by atoms with Gasteiger partial charge in [0.1, 0.15) is 0 Å². The van der Waals surface area contributed by atoms with E-state index in [0.29, 0.717) is 0 Å². The fourth-order valence-corrected chi connectivity index (χ4v) is 1.18. The highest BCUT2D eigenvalue weighted by Crippen LogP contribution is 2.13. The molecule has 0 heterocycles. The predicted octanol–water partition coefficient (Wildman–Crippen LogP) is 1.54. The summed E-state index contributed by atoms with van der Waals surface area (Å²) in [5.41, 5.74) is 1.00. The van der Waals surface area contributed by atoms with Crippen LogP contribution in [0.3, 0.4) is 0 Å². The molecule has 2 nitrogen and oxygen atoms in total. The Kier molecular flexibility index (Phi) is 3.75. The first kappa shape index (κ1) is 10.3. The Morgan fingerprint density at radius 2 is 2.14 bits per heavy atom. The average Bonchev–Trinajstić information content (AvgIpc) is 2.26. The molecular formula is C12H13NO. The largest absolute Gasteiger partial charge is 0.345 e. The molecule has 0 aliphatic carbocycles. The maximum Gasteiger partial charge on any atom is 0.228 e. The summed E-state index contributed by atoms with van der Waals surface area (Å²) in [5, 5.41) is 2.66. The minimum absolute atomic E-state index is 0.0332. The number of hydrogen-bond donors (Lipinski definition) is 1. The molecule has 1 aromatic rings. The molecule has 0 saturated carbocycles. The summed E-state index contributed by atoms with van der Waals surface area (Å²) in [5.74, 6) is 2.19. The Morgan fingerprint density at radius 3 is 2.71 bits per heavy atom. The zero-order chi connectivity index (χ0) is 10.4. The second kappa shape index (κ2) is 5.08. The van der Waals surface area contributed by atoms with Gasteiger partial charge in [0.25, 0.3) is 0 Å². The lowest BCUT2D eigenvalue weighted by atomic mass is 10.0. The maximum absolute atomic E-state index is 11.5. The molecule has 0 fully saturated rings. The van der Waals surface area contributed by atoms with Crippen LogP contribution in [0.5, 0.6) is 0 Å². The number of terminal acetylenes is 1. The topological polar surface area (TPSA) is 29.1 Å². The van der Waals surface area contributed by atoms with Crippen molar-refractivity contribution < 1.29 is 4.79 Å². The van der Waals surface area contributed by atoms with Gasteiger partial charge in [0.15, 0.2) is 0 Å². The van der Waals surface area contributed by atoms with Gasteiger partial charge in [0, 0.05) is 0 Å². The number of hydrogen-bond acceptors (Lipinski definition) is 1. The number of carbonyl (C=O) groups excluding carboxylic acids is 1. The highest BCUT2D eigenvalue weighted by molar-refractivity contribution is 5.83. The van der Waals surface area contributed by atoms with Gasteiger partial charge in [-0.2, -0.15) is 0 Å². The molecule has 72 valence electrons. The van der Waals surface area contributed by atoms with Crippen LogP contribution in [0.4, 0.5) is 0 Å². The van der Waals surface area contributed by atoms with Crippen LogP contribution in [-0.2, 0) is 4.79 Å². The molecule has 1 atom stereocenters. The van der Waals surface area contributed by atoms with E-state index in [-0.39, 0.29) is 18.4 Å². The van der Waals surface area contributed by atoms with Crippen molar-refractivity contribution in [2.45, 2.75) is 12.8 Å². The molecule has 1 rings (SSSR count). The van der Waals surface area contributed by atoms with E-state index < -0.39 is 0 Å². The van der Waals surface area contributed by atoms with Gasteiger partial charge < -0.3 is 5.32 Å². The summed E-state index contributed by atoms with van der Waals surface area (Å²) < 4.78 is 0. The van der Waals surface area contributed by atoms with Gasteiger partial charge >= 0.3 is 0 Å². The summed E-state index contributed by atoms with van der Waals surface area (Å²) in [6.45, 7) is 2.15. The van der Waals surface area contributed by atoms with E-state index in [4.69, 9.17) is 6.42 Å². The molecule has 14 heavy (non-hydrogen) atoms. The third-order valence-electron chi connectivity index (χ3n) is 2.06. The van der Waals surface area contributed by atoms with Crippen LogP contribution >= 0.6 is 0 Å². The van der Waals surface area contributed by atoms with Crippen LogP contribution in [0.15, 0.2) is 30.3 Å². The van der Waals surface area contributed by atoms with Crippen molar-refractivity contribution in [3.05, 3.63) is 35.9 Å². The lowest BCUT2D eigenvalue weighted by Gasteiger charge is -2.10. The lowest BCUT2D eigenvalue weighted by molar-refractivity contribution is -0.121. The van der Waals surface area contributed by atoms with Crippen LogP contribution in [0.1, 0.15) is 18.4 Å². The minimum Gasteiger partial charge on any atom is -0.345 e. The Bertz CT molecular complexity index is 337. The van der Waals surface area contributed by atoms with Gasteiger partial charge in [0.05, 0.1) is 12.5 Å². The van der Waals surface area contributed by atoms with Crippen LogP contribution < -0.4 is 5.32 Å². The van der Waals surface area contributed by atoms with Crippen molar-refractivity contribution in [3.8, 4) is 12.3 Å². The smallest absolute Gasteiger partial charge is 0.228 e. The first-order valence-electron chi connectivity index (χ1n) is 4.52. The van der Waals surface area contributed by atoms with Crippen molar-refractivity contribution in [3.63, 3.8) is 0 Å². The zero-order valence-electron chi connectivity index (χ0n) is 8.16. The SMILES string of the molecule is C#CCNC(=O)C(C)c1ccccc1. The number of amides is 1. The fourth-order valence-electron chi connectivity index (χ4n) is 1.18.